The van der Waals surface area contributed by atoms with Gasteiger partial charge in [0, 0.05) is 25.7 Å². The van der Waals surface area contributed by atoms with E-state index in [1.54, 1.807) is 7.11 Å². The van der Waals surface area contributed by atoms with Crippen molar-refractivity contribution in [2.45, 2.75) is 0 Å². The van der Waals surface area contributed by atoms with Crippen molar-refractivity contribution >= 4 is 11.8 Å². The van der Waals surface area contributed by atoms with Crippen LogP contribution >= 0.6 is 0 Å². The Bertz CT molecular complexity index is 949. The third-order valence-corrected chi connectivity index (χ3v) is 4.29. The number of ether oxygens (including phenoxy) is 2. The van der Waals surface area contributed by atoms with Gasteiger partial charge in [0.1, 0.15) is 18.1 Å². The normalized spacial score (nSPS) is 10.4. The van der Waals surface area contributed by atoms with Gasteiger partial charge < -0.3 is 25.4 Å². The lowest BCUT2D eigenvalue weighted by Crippen LogP contribution is -2.32. The molecule has 2 amide bonds. The lowest BCUT2D eigenvalue weighted by atomic mass is 10.1. The summed E-state index contributed by atoms with van der Waals surface area (Å²) in [4.78, 5) is 12.6. The van der Waals surface area contributed by atoms with Crippen molar-refractivity contribution in [1.82, 2.24) is 15.1 Å². The number of nitrogens with one attached hydrogen (secondary N) is 1. The summed E-state index contributed by atoms with van der Waals surface area (Å²) < 4.78 is 12.8. The van der Waals surface area contributed by atoms with Crippen molar-refractivity contribution in [2.24, 2.45) is 5.73 Å². The van der Waals surface area contributed by atoms with Crippen LogP contribution in [0, 0.1) is 0 Å². The van der Waals surface area contributed by atoms with Crippen LogP contribution in [0.2, 0.25) is 0 Å². The Hall–Kier alpha value is -3.68. The van der Waals surface area contributed by atoms with Gasteiger partial charge in [-0.05, 0) is 48.5 Å². The van der Waals surface area contributed by atoms with E-state index in [0.717, 1.165) is 28.5 Å². The molecule has 3 N–H and O–H groups in total. The number of nitrogens with zero attached hydrogens (tertiary/aromatic N) is 3. The summed E-state index contributed by atoms with van der Waals surface area (Å²) in [5.41, 5.74) is 7.93. The van der Waals surface area contributed by atoms with Crippen LogP contribution in [-0.4, -0.2) is 50.2 Å². The van der Waals surface area contributed by atoms with Crippen molar-refractivity contribution < 1.29 is 14.3 Å². The van der Waals surface area contributed by atoms with Crippen LogP contribution in [0.4, 0.5) is 10.6 Å². The second kappa shape index (κ2) is 9.01. The second-order valence-electron chi connectivity index (χ2n) is 6.56. The lowest BCUT2D eigenvalue weighted by Gasteiger charge is -2.10. The third-order valence-electron chi connectivity index (χ3n) is 4.29. The maximum absolute atomic E-state index is 10.7. The largest absolute Gasteiger partial charge is 0.497 e. The Balaban J connectivity index is 1.84. The molecule has 0 saturated heterocycles. The van der Waals surface area contributed by atoms with Gasteiger partial charge in [-0.1, -0.05) is 0 Å². The first-order valence-electron chi connectivity index (χ1n) is 9.16. The van der Waals surface area contributed by atoms with Crippen molar-refractivity contribution in [3.63, 3.8) is 0 Å². The quantitative estimate of drug-likeness (QED) is 0.572. The Labute approximate surface area is 169 Å². The maximum atomic E-state index is 10.7. The predicted octanol–water partition coefficient (Wildman–Crippen LogP) is 2.66. The molecule has 29 heavy (non-hydrogen) atoms. The van der Waals surface area contributed by atoms with Gasteiger partial charge in [-0.2, -0.15) is 0 Å². The van der Waals surface area contributed by atoms with Gasteiger partial charge in [-0.15, -0.1) is 5.10 Å². The summed E-state index contributed by atoms with van der Waals surface area (Å²) in [6.07, 6.45) is 0. The molecule has 0 aliphatic heterocycles. The van der Waals surface area contributed by atoms with Gasteiger partial charge >= 0.3 is 6.03 Å². The van der Waals surface area contributed by atoms with Crippen molar-refractivity contribution in [2.75, 3.05) is 39.3 Å². The first-order valence-corrected chi connectivity index (χ1v) is 9.16. The van der Waals surface area contributed by atoms with E-state index in [9.17, 15) is 4.79 Å². The molecule has 0 aliphatic rings. The minimum absolute atomic E-state index is 0.344. The molecule has 0 aliphatic carbocycles. The number of hydrogen-bond donors (Lipinski definition) is 2. The number of aromatic nitrogens is 2. The Morgan fingerprint density at radius 1 is 1.10 bits per heavy atom. The molecule has 152 valence electrons. The summed E-state index contributed by atoms with van der Waals surface area (Å²) >= 11 is 0. The maximum Gasteiger partial charge on any atom is 0.312 e. The highest BCUT2D eigenvalue weighted by molar-refractivity contribution is 5.71. The molecule has 0 unspecified atom stereocenters. The van der Waals surface area contributed by atoms with Gasteiger partial charge in [0.05, 0.1) is 25.0 Å². The van der Waals surface area contributed by atoms with Crippen molar-refractivity contribution in [3.8, 4) is 28.4 Å². The average molecular weight is 395 g/mol. The Morgan fingerprint density at radius 2 is 1.76 bits per heavy atom. The molecule has 0 spiro atoms. The van der Waals surface area contributed by atoms with E-state index in [1.807, 2.05) is 78.3 Å². The first-order chi connectivity index (χ1) is 14.0. The summed E-state index contributed by atoms with van der Waals surface area (Å²) in [5.74, 6) is 2.36. The van der Waals surface area contributed by atoms with E-state index in [0.29, 0.717) is 18.9 Å². The second-order valence-corrected chi connectivity index (χ2v) is 6.56. The average Bonchev–Trinajstić information content (AvgIpc) is 3.17. The molecule has 3 rings (SSSR count). The van der Waals surface area contributed by atoms with Crippen molar-refractivity contribution in [3.05, 3.63) is 54.6 Å². The molecule has 0 fully saturated rings. The van der Waals surface area contributed by atoms with Gasteiger partial charge in [0.25, 0.3) is 0 Å². The highest BCUT2D eigenvalue weighted by atomic mass is 16.5. The Kier molecular flexibility index (Phi) is 6.23. The van der Waals surface area contributed by atoms with E-state index in [-0.39, 0.29) is 0 Å². The molecule has 8 heteroatoms. The summed E-state index contributed by atoms with van der Waals surface area (Å²) in [5, 5.41) is 7.22. The number of anilines is 1. The van der Waals surface area contributed by atoms with Gasteiger partial charge in [-0.3, -0.25) is 0 Å². The Morgan fingerprint density at radius 3 is 2.34 bits per heavy atom. The topological polar surface area (TPSA) is 94.6 Å². The molecule has 0 radical (unpaired) electrons. The summed E-state index contributed by atoms with van der Waals surface area (Å²) in [6, 6.07) is 17.0. The highest BCUT2D eigenvalue weighted by Gasteiger charge is 2.13. The molecule has 3 aromatic rings. The number of methoxy groups -OCH3 is 1. The van der Waals surface area contributed by atoms with Gasteiger partial charge in [0.2, 0.25) is 0 Å². The van der Waals surface area contributed by atoms with Crippen LogP contribution in [0.5, 0.6) is 11.5 Å². The number of nitrogens with two attached hydrogens (primary N) is 1. The SMILES string of the molecule is COc1ccc(-n2nc(N(C)C)cc2-c2ccc(OCCNC(N)=O)cc2)cc1. The fraction of sp³-hybridized carbons (Fsp3) is 0.238. The molecule has 2 aromatic carbocycles. The van der Waals surface area contributed by atoms with Gasteiger partial charge in [0.15, 0.2) is 5.82 Å². The minimum Gasteiger partial charge on any atom is -0.497 e. The number of urea groups is 1. The molecule has 0 saturated carbocycles. The van der Waals surface area contributed by atoms with E-state index < -0.39 is 6.03 Å². The molecule has 8 nitrogen and oxygen atoms in total. The standard InChI is InChI=1S/C21H25N5O3/c1-25(2)20-14-19(26(24-20)16-6-10-17(28-3)11-7-16)15-4-8-18(9-5-15)29-13-12-23-21(22)27/h4-11,14H,12-13H2,1-3H3,(H3,22,23,27). The van der Waals surface area contributed by atoms with Crippen LogP contribution < -0.4 is 25.4 Å². The number of primary amides is 1. The number of hydrogen-bond acceptors (Lipinski definition) is 5. The predicted molar refractivity (Wildman–Crippen MR) is 113 cm³/mol. The van der Waals surface area contributed by atoms with E-state index in [4.69, 9.17) is 20.3 Å². The zero-order chi connectivity index (χ0) is 20.8. The fourth-order valence-electron chi connectivity index (χ4n) is 2.78. The van der Waals surface area contributed by atoms with Crippen LogP contribution in [0.25, 0.3) is 16.9 Å². The zero-order valence-corrected chi connectivity index (χ0v) is 16.8. The summed E-state index contributed by atoms with van der Waals surface area (Å²) in [7, 11) is 5.56. The monoisotopic (exact) mass is 395 g/mol. The lowest BCUT2D eigenvalue weighted by molar-refractivity contribution is 0.244. The number of carbonyl (C=O) groups excluding carboxylic acids is 1. The van der Waals surface area contributed by atoms with E-state index in [2.05, 4.69) is 5.32 Å². The number of carbonyl (C=O) groups is 1. The number of amides is 2. The number of rotatable bonds is 8. The van der Waals surface area contributed by atoms with Crippen LogP contribution in [0.3, 0.4) is 0 Å². The molecule has 0 atom stereocenters. The molecular formula is C21H25N5O3. The van der Waals surface area contributed by atoms with Gasteiger partial charge in [-0.25, -0.2) is 9.48 Å². The molecule has 0 bridgehead atoms. The number of benzene rings is 2. The van der Waals surface area contributed by atoms with Crippen LogP contribution in [0.1, 0.15) is 0 Å². The van der Waals surface area contributed by atoms with Crippen LogP contribution in [0.15, 0.2) is 54.6 Å². The van der Waals surface area contributed by atoms with Crippen molar-refractivity contribution in [1.29, 1.82) is 0 Å². The highest BCUT2D eigenvalue weighted by Crippen LogP contribution is 2.29. The fourth-order valence-corrected chi connectivity index (χ4v) is 2.78. The molecular weight excluding hydrogens is 370 g/mol. The minimum atomic E-state index is -0.563. The molecule has 1 heterocycles. The molecule has 1 aromatic heterocycles. The summed E-state index contributed by atoms with van der Waals surface area (Å²) in [6.45, 7) is 0.699. The first kappa shape index (κ1) is 20.1. The zero-order valence-electron chi connectivity index (χ0n) is 16.8. The van der Waals surface area contributed by atoms with E-state index in [1.165, 1.54) is 0 Å². The smallest absolute Gasteiger partial charge is 0.312 e. The third kappa shape index (κ3) is 4.98. The van der Waals surface area contributed by atoms with E-state index >= 15 is 0 Å². The van der Waals surface area contributed by atoms with Crippen LogP contribution in [-0.2, 0) is 0 Å².